The Morgan fingerprint density at radius 3 is 2.90 bits per heavy atom. The molecule has 30 heavy (non-hydrogen) atoms. The number of pyridine rings is 2. The van der Waals surface area contributed by atoms with Crippen LogP contribution in [-0.4, -0.2) is 22.7 Å². The highest BCUT2D eigenvalue weighted by Crippen LogP contribution is 2.42. The molecule has 0 fully saturated rings. The van der Waals surface area contributed by atoms with Gasteiger partial charge in [-0.3, -0.25) is 9.78 Å². The predicted molar refractivity (Wildman–Crippen MR) is 118 cm³/mol. The van der Waals surface area contributed by atoms with Crippen LogP contribution in [0.1, 0.15) is 31.5 Å². The van der Waals surface area contributed by atoms with Gasteiger partial charge in [0, 0.05) is 42.2 Å². The van der Waals surface area contributed by atoms with Crippen molar-refractivity contribution in [3.63, 3.8) is 0 Å². The molecule has 0 spiro atoms. The molecule has 3 N–H and O–H groups in total. The van der Waals surface area contributed by atoms with Crippen molar-refractivity contribution in [1.82, 2.24) is 9.55 Å². The maximum atomic E-state index is 15.3. The first-order valence-corrected chi connectivity index (χ1v) is 10.2. The molecule has 4 rings (SSSR count). The lowest BCUT2D eigenvalue weighted by molar-refractivity contribution is 0.173. The van der Waals surface area contributed by atoms with Crippen molar-refractivity contribution in [2.45, 2.75) is 40.2 Å². The van der Waals surface area contributed by atoms with Crippen molar-refractivity contribution in [3.8, 4) is 5.75 Å². The highest BCUT2D eigenvalue weighted by Gasteiger charge is 2.31. The highest BCUT2D eigenvalue weighted by molar-refractivity contribution is 6.00. The summed E-state index contributed by atoms with van der Waals surface area (Å²) in [4.78, 5) is 17.1. The van der Waals surface area contributed by atoms with E-state index in [0.717, 1.165) is 18.5 Å². The molecule has 1 aliphatic rings. The molecule has 158 valence electrons. The zero-order chi connectivity index (χ0) is 21.5. The molecule has 3 heterocycles. The van der Waals surface area contributed by atoms with E-state index in [1.54, 1.807) is 13.1 Å². The van der Waals surface area contributed by atoms with Gasteiger partial charge in [-0.1, -0.05) is 19.9 Å². The van der Waals surface area contributed by atoms with Crippen molar-refractivity contribution < 1.29 is 9.13 Å². The average Bonchev–Trinajstić information content (AvgIpc) is 2.84. The van der Waals surface area contributed by atoms with Crippen molar-refractivity contribution in [3.05, 3.63) is 57.9 Å². The quantitative estimate of drug-likeness (QED) is 0.493. The van der Waals surface area contributed by atoms with Crippen LogP contribution in [0.3, 0.4) is 0 Å². The topological polar surface area (TPSA) is 82.2 Å². The summed E-state index contributed by atoms with van der Waals surface area (Å²) in [6.45, 7) is 7.46. The van der Waals surface area contributed by atoms with Gasteiger partial charge in [0.05, 0.1) is 23.2 Å². The van der Waals surface area contributed by atoms with E-state index in [4.69, 9.17) is 10.5 Å². The third kappa shape index (κ3) is 3.60. The number of nitrogens with zero attached hydrogens (tertiary/aromatic N) is 2. The first-order valence-electron chi connectivity index (χ1n) is 10.2. The fraction of sp³-hybridized carbons (Fsp3) is 0.391. The number of halogens is 1. The van der Waals surface area contributed by atoms with Crippen LogP contribution < -0.4 is 21.2 Å². The number of nitrogens with two attached hydrogens (primary N) is 1. The molecule has 0 amide bonds. The summed E-state index contributed by atoms with van der Waals surface area (Å²) in [7, 11) is 0. The van der Waals surface area contributed by atoms with E-state index in [0.29, 0.717) is 36.5 Å². The molecular weight excluding hydrogens is 383 g/mol. The second-order valence-corrected chi connectivity index (χ2v) is 8.73. The fourth-order valence-corrected chi connectivity index (χ4v) is 3.99. The lowest BCUT2D eigenvalue weighted by Gasteiger charge is -2.22. The molecule has 0 aliphatic carbocycles. The SMILES string of the molecule is Cc1cn2c3c(c(NCCCc4ccccn4)c(F)c(N)c3c1=O)OCC(C)(C)C2. The normalized spacial score (nSPS) is 14.9. The summed E-state index contributed by atoms with van der Waals surface area (Å²) >= 11 is 0. The molecule has 0 saturated carbocycles. The van der Waals surface area contributed by atoms with Gasteiger partial charge in [-0.25, -0.2) is 4.39 Å². The summed E-state index contributed by atoms with van der Waals surface area (Å²) < 4.78 is 23.4. The molecule has 0 unspecified atom stereocenters. The molecule has 7 heteroatoms. The minimum absolute atomic E-state index is 0.133. The van der Waals surface area contributed by atoms with Gasteiger partial charge in [0.15, 0.2) is 17.0 Å². The smallest absolute Gasteiger partial charge is 0.194 e. The Balaban J connectivity index is 1.74. The van der Waals surface area contributed by atoms with Crippen LogP contribution in [0.25, 0.3) is 10.9 Å². The molecule has 1 aliphatic heterocycles. The molecule has 0 bridgehead atoms. The van der Waals surface area contributed by atoms with E-state index in [9.17, 15) is 4.79 Å². The number of benzene rings is 1. The number of rotatable bonds is 5. The van der Waals surface area contributed by atoms with Gasteiger partial charge >= 0.3 is 0 Å². The second-order valence-electron chi connectivity index (χ2n) is 8.73. The molecule has 0 atom stereocenters. The van der Waals surface area contributed by atoms with E-state index in [2.05, 4.69) is 24.1 Å². The number of aromatic nitrogens is 2. The van der Waals surface area contributed by atoms with Gasteiger partial charge in [0.25, 0.3) is 0 Å². The van der Waals surface area contributed by atoms with Crippen LogP contribution >= 0.6 is 0 Å². The monoisotopic (exact) mass is 410 g/mol. The van der Waals surface area contributed by atoms with Crippen LogP contribution in [0, 0.1) is 18.2 Å². The van der Waals surface area contributed by atoms with Crippen molar-refractivity contribution >= 4 is 22.3 Å². The summed E-state index contributed by atoms with van der Waals surface area (Å²) in [6, 6.07) is 5.79. The molecule has 0 saturated heterocycles. The number of aryl methyl sites for hydroxylation is 2. The second kappa shape index (κ2) is 7.63. The van der Waals surface area contributed by atoms with Gasteiger partial charge in [0.2, 0.25) is 0 Å². The predicted octanol–water partition coefficient (Wildman–Crippen LogP) is 3.89. The Kier molecular flexibility index (Phi) is 5.13. The molecule has 0 radical (unpaired) electrons. The molecule has 6 nitrogen and oxygen atoms in total. The first-order chi connectivity index (χ1) is 14.3. The maximum absolute atomic E-state index is 15.3. The standard InChI is InChI=1S/C23H27FN4O2/c1-14-11-28-12-23(2,3)13-30-22-19(17(24)18(25)16(20(22)28)21(14)29)27-10-6-8-15-7-4-5-9-26-15/h4-5,7,9,11,27H,6,8,10,12-13,25H2,1-3H3. The van der Waals surface area contributed by atoms with Gasteiger partial charge in [0.1, 0.15) is 5.69 Å². The zero-order valence-electron chi connectivity index (χ0n) is 17.6. The lowest BCUT2D eigenvalue weighted by Crippen LogP contribution is -2.25. The Morgan fingerprint density at radius 2 is 2.17 bits per heavy atom. The summed E-state index contributed by atoms with van der Waals surface area (Å²) in [6.07, 6.45) is 5.11. The van der Waals surface area contributed by atoms with Crippen molar-refractivity contribution in [2.24, 2.45) is 5.41 Å². The van der Waals surface area contributed by atoms with E-state index >= 15 is 4.39 Å². The van der Waals surface area contributed by atoms with Crippen LogP contribution in [0.5, 0.6) is 5.75 Å². The van der Waals surface area contributed by atoms with E-state index in [-0.39, 0.29) is 27.6 Å². The van der Waals surface area contributed by atoms with Crippen LogP contribution in [0.15, 0.2) is 35.4 Å². The summed E-state index contributed by atoms with van der Waals surface area (Å²) in [5, 5.41) is 3.36. The Labute approximate surface area is 174 Å². The summed E-state index contributed by atoms with van der Waals surface area (Å²) in [5.41, 5.74) is 7.84. The third-order valence-corrected chi connectivity index (χ3v) is 5.47. The third-order valence-electron chi connectivity index (χ3n) is 5.47. The van der Waals surface area contributed by atoms with Crippen molar-refractivity contribution in [2.75, 3.05) is 24.2 Å². The number of hydrogen-bond donors (Lipinski definition) is 2. The molecule has 2 aromatic heterocycles. The number of anilines is 2. The summed E-state index contributed by atoms with van der Waals surface area (Å²) in [5.74, 6) is -0.276. The Morgan fingerprint density at radius 1 is 1.37 bits per heavy atom. The van der Waals surface area contributed by atoms with Crippen molar-refractivity contribution in [1.29, 1.82) is 0 Å². The number of hydrogen-bond acceptors (Lipinski definition) is 5. The van der Waals surface area contributed by atoms with Gasteiger partial charge in [-0.15, -0.1) is 0 Å². The first kappa shape index (κ1) is 20.2. The van der Waals surface area contributed by atoms with Gasteiger partial charge < -0.3 is 20.4 Å². The fourth-order valence-electron chi connectivity index (χ4n) is 3.99. The average molecular weight is 410 g/mol. The molecular formula is C23H27FN4O2. The maximum Gasteiger partial charge on any atom is 0.194 e. The minimum Gasteiger partial charge on any atom is -0.488 e. The van der Waals surface area contributed by atoms with E-state index in [1.807, 2.05) is 29.0 Å². The number of nitrogens with one attached hydrogen (secondary N) is 1. The van der Waals surface area contributed by atoms with Gasteiger partial charge in [-0.05, 0) is 31.9 Å². The van der Waals surface area contributed by atoms with Crippen LogP contribution in [0.4, 0.5) is 15.8 Å². The zero-order valence-corrected chi connectivity index (χ0v) is 17.6. The van der Waals surface area contributed by atoms with E-state index < -0.39 is 5.82 Å². The molecule has 1 aromatic carbocycles. The Hall–Kier alpha value is -3.09. The Bertz CT molecular complexity index is 1160. The van der Waals surface area contributed by atoms with Crippen LogP contribution in [0.2, 0.25) is 0 Å². The lowest BCUT2D eigenvalue weighted by atomic mass is 9.94. The highest BCUT2D eigenvalue weighted by atomic mass is 19.1. The van der Waals surface area contributed by atoms with Gasteiger partial charge in [-0.2, -0.15) is 0 Å². The van der Waals surface area contributed by atoms with Crippen LogP contribution in [-0.2, 0) is 13.0 Å². The number of nitrogen functional groups attached to an aromatic ring is 1. The molecule has 3 aromatic rings. The minimum atomic E-state index is -0.635. The number of ether oxygens (including phenoxy) is 1. The van der Waals surface area contributed by atoms with E-state index in [1.165, 1.54) is 0 Å². The largest absolute Gasteiger partial charge is 0.488 e.